The molecular weight excluding hydrogens is 374 g/mol. The Hall–Kier alpha value is -3.98. The number of amides is 1. The predicted octanol–water partition coefficient (Wildman–Crippen LogP) is 4.78. The third-order valence-corrected chi connectivity index (χ3v) is 5.17. The van der Waals surface area contributed by atoms with E-state index in [0.29, 0.717) is 17.2 Å². The second kappa shape index (κ2) is 7.45. The number of rotatable bonds is 3. The molecule has 0 saturated heterocycles. The molecule has 0 saturated carbocycles. The van der Waals surface area contributed by atoms with Crippen LogP contribution in [0.4, 0.5) is 5.82 Å². The van der Waals surface area contributed by atoms with Gasteiger partial charge in [0.1, 0.15) is 11.6 Å². The van der Waals surface area contributed by atoms with Crippen molar-refractivity contribution in [3.63, 3.8) is 0 Å². The molecule has 30 heavy (non-hydrogen) atoms. The summed E-state index contributed by atoms with van der Waals surface area (Å²) >= 11 is 0. The van der Waals surface area contributed by atoms with Crippen molar-refractivity contribution in [3.8, 4) is 11.9 Å². The number of hydrogen-bond donors (Lipinski definition) is 1. The minimum Gasteiger partial charge on any atom is -0.305 e. The fourth-order valence-corrected chi connectivity index (χ4v) is 3.66. The van der Waals surface area contributed by atoms with Crippen LogP contribution in [0, 0.1) is 39.0 Å². The molecule has 1 N–H and O–H groups in total. The van der Waals surface area contributed by atoms with Crippen LogP contribution in [0.3, 0.4) is 0 Å². The monoisotopic (exact) mass is 395 g/mol. The third-order valence-electron chi connectivity index (χ3n) is 5.17. The average molecular weight is 395 g/mol. The minimum atomic E-state index is -0.296. The number of pyridine rings is 1. The fourth-order valence-electron chi connectivity index (χ4n) is 3.66. The first kappa shape index (κ1) is 19.3. The Bertz CT molecular complexity index is 1340. The normalized spacial score (nSPS) is 10.8. The lowest BCUT2D eigenvalue weighted by atomic mass is 10.0. The van der Waals surface area contributed by atoms with E-state index in [1.54, 1.807) is 6.07 Å². The molecule has 0 radical (unpaired) electrons. The lowest BCUT2D eigenvalue weighted by molar-refractivity contribution is 0.102. The number of hydrogen-bond acceptors (Lipinski definition) is 4. The van der Waals surface area contributed by atoms with Gasteiger partial charge >= 0.3 is 0 Å². The number of benzene rings is 2. The number of aryl methyl sites for hydroxylation is 4. The average Bonchev–Trinajstić information content (AvgIpc) is 3.11. The summed E-state index contributed by atoms with van der Waals surface area (Å²) in [6.07, 6.45) is 1.44. The van der Waals surface area contributed by atoms with Gasteiger partial charge in [0.15, 0.2) is 11.6 Å². The number of carbonyl (C=O) groups is 1. The highest BCUT2D eigenvalue weighted by atomic mass is 16.1. The van der Waals surface area contributed by atoms with Crippen molar-refractivity contribution in [3.05, 3.63) is 82.0 Å². The van der Waals surface area contributed by atoms with Crippen LogP contribution in [-0.2, 0) is 0 Å². The van der Waals surface area contributed by atoms with Crippen LogP contribution >= 0.6 is 0 Å². The number of nitrogens with zero attached hydrogens (tertiary/aromatic N) is 4. The number of aromatic nitrogens is 3. The molecule has 0 bridgehead atoms. The molecule has 0 atom stereocenters. The Morgan fingerprint density at radius 1 is 1.03 bits per heavy atom. The van der Waals surface area contributed by atoms with Crippen molar-refractivity contribution < 1.29 is 4.79 Å². The van der Waals surface area contributed by atoms with E-state index in [2.05, 4.69) is 35.5 Å². The van der Waals surface area contributed by atoms with Gasteiger partial charge < -0.3 is 5.32 Å². The van der Waals surface area contributed by atoms with Gasteiger partial charge in [-0.3, -0.25) is 4.79 Å². The van der Waals surface area contributed by atoms with Crippen molar-refractivity contribution in [2.24, 2.45) is 0 Å². The SMILES string of the molecule is Cc1cc(C)c2nc(-n3ncc(C#N)c3NC(=O)c3ccccc3C)cc(C)c2c1. The van der Waals surface area contributed by atoms with Crippen molar-refractivity contribution in [1.82, 2.24) is 14.8 Å². The molecule has 2 aromatic heterocycles. The summed E-state index contributed by atoms with van der Waals surface area (Å²) in [5.74, 6) is 0.561. The molecule has 4 aromatic rings. The van der Waals surface area contributed by atoms with Gasteiger partial charge in [0.2, 0.25) is 0 Å². The molecule has 0 fully saturated rings. The zero-order valence-corrected chi connectivity index (χ0v) is 17.3. The summed E-state index contributed by atoms with van der Waals surface area (Å²) in [5.41, 5.74) is 5.83. The van der Waals surface area contributed by atoms with Crippen molar-refractivity contribution in [1.29, 1.82) is 5.26 Å². The quantitative estimate of drug-likeness (QED) is 0.541. The zero-order valence-electron chi connectivity index (χ0n) is 17.3. The van der Waals surface area contributed by atoms with Gasteiger partial charge in [-0.15, -0.1) is 0 Å². The maximum absolute atomic E-state index is 12.9. The van der Waals surface area contributed by atoms with Crippen LogP contribution < -0.4 is 5.32 Å². The van der Waals surface area contributed by atoms with Crippen LogP contribution in [0.2, 0.25) is 0 Å². The third kappa shape index (κ3) is 3.31. The first-order valence-electron chi connectivity index (χ1n) is 9.63. The molecule has 6 nitrogen and oxygen atoms in total. The van der Waals surface area contributed by atoms with E-state index < -0.39 is 0 Å². The molecule has 0 unspecified atom stereocenters. The van der Waals surface area contributed by atoms with Crippen LogP contribution in [0.5, 0.6) is 0 Å². The summed E-state index contributed by atoms with van der Waals surface area (Å²) in [6, 6.07) is 15.5. The van der Waals surface area contributed by atoms with Crippen LogP contribution in [0.15, 0.2) is 48.7 Å². The summed E-state index contributed by atoms with van der Waals surface area (Å²) in [5, 5.41) is 17.8. The van der Waals surface area contributed by atoms with E-state index in [4.69, 9.17) is 4.98 Å². The molecule has 148 valence electrons. The Balaban J connectivity index is 1.84. The smallest absolute Gasteiger partial charge is 0.257 e. The molecule has 2 aromatic carbocycles. The van der Waals surface area contributed by atoms with E-state index in [9.17, 15) is 10.1 Å². The molecule has 0 aliphatic heterocycles. The molecule has 0 aliphatic carbocycles. The van der Waals surface area contributed by atoms with Crippen molar-refractivity contribution in [2.45, 2.75) is 27.7 Å². The highest BCUT2D eigenvalue weighted by Gasteiger charge is 2.19. The topological polar surface area (TPSA) is 83.6 Å². The molecule has 4 rings (SSSR count). The summed E-state index contributed by atoms with van der Waals surface area (Å²) < 4.78 is 1.51. The summed E-state index contributed by atoms with van der Waals surface area (Å²) in [7, 11) is 0. The van der Waals surface area contributed by atoms with Gasteiger partial charge in [0.05, 0.1) is 11.7 Å². The highest BCUT2D eigenvalue weighted by molar-refractivity contribution is 6.05. The molecular formula is C24H21N5O. The van der Waals surface area contributed by atoms with E-state index in [1.165, 1.54) is 16.4 Å². The van der Waals surface area contributed by atoms with Gasteiger partial charge in [-0.1, -0.05) is 29.8 Å². The van der Waals surface area contributed by atoms with Gasteiger partial charge in [-0.2, -0.15) is 15.0 Å². The Labute approximate surface area is 174 Å². The summed E-state index contributed by atoms with van der Waals surface area (Å²) in [6.45, 7) is 7.98. The van der Waals surface area contributed by atoms with E-state index in [-0.39, 0.29) is 11.5 Å². The van der Waals surface area contributed by atoms with E-state index in [0.717, 1.165) is 27.6 Å². The maximum atomic E-state index is 12.9. The predicted molar refractivity (Wildman–Crippen MR) is 117 cm³/mol. The van der Waals surface area contributed by atoms with Crippen molar-refractivity contribution in [2.75, 3.05) is 5.32 Å². The number of nitriles is 1. The Kier molecular flexibility index (Phi) is 4.80. The van der Waals surface area contributed by atoms with E-state index in [1.807, 2.05) is 45.0 Å². The van der Waals surface area contributed by atoms with Gasteiger partial charge in [0, 0.05) is 10.9 Å². The first-order chi connectivity index (χ1) is 14.4. The Morgan fingerprint density at radius 3 is 2.53 bits per heavy atom. The van der Waals surface area contributed by atoms with Gasteiger partial charge in [-0.25, -0.2) is 4.98 Å². The fraction of sp³-hybridized carbons (Fsp3) is 0.167. The Morgan fingerprint density at radius 2 is 1.80 bits per heavy atom. The lowest BCUT2D eigenvalue weighted by Crippen LogP contribution is -2.17. The number of fused-ring (bicyclic) bond motifs is 1. The van der Waals surface area contributed by atoms with Crippen LogP contribution in [-0.4, -0.2) is 20.7 Å². The van der Waals surface area contributed by atoms with E-state index >= 15 is 0 Å². The summed E-state index contributed by atoms with van der Waals surface area (Å²) in [4.78, 5) is 17.7. The number of nitrogens with one attached hydrogen (secondary N) is 1. The van der Waals surface area contributed by atoms with Crippen LogP contribution in [0.1, 0.15) is 38.2 Å². The molecule has 0 spiro atoms. The van der Waals surface area contributed by atoms with Crippen LogP contribution in [0.25, 0.3) is 16.7 Å². The maximum Gasteiger partial charge on any atom is 0.257 e. The van der Waals surface area contributed by atoms with Gasteiger partial charge in [-0.05, 0) is 62.6 Å². The zero-order chi connectivity index (χ0) is 21.4. The largest absolute Gasteiger partial charge is 0.305 e. The first-order valence-corrected chi connectivity index (χ1v) is 9.63. The molecule has 6 heteroatoms. The van der Waals surface area contributed by atoms with Crippen molar-refractivity contribution >= 4 is 22.6 Å². The molecule has 0 aliphatic rings. The number of anilines is 1. The minimum absolute atomic E-state index is 0.275. The lowest BCUT2D eigenvalue weighted by Gasteiger charge is -2.13. The molecule has 2 heterocycles. The highest BCUT2D eigenvalue weighted by Crippen LogP contribution is 2.27. The standard InChI is InChI=1S/C24H21N5O/c1-14-9-17(4)22-20(10-14)16(3)11-21(27-22)29-23(18(12-25)13-26-29)28-24(30)19-8-6-5-7-15(19)2/h5-11,13H,1-4H3,(H,28,30). The molecule has 1 amide bonds. The second-order valence-electron chi connectivity index (χ2n) is 7.47. The second-order valence-corrected chi connectivity index (χ2v) is 7.47. The van der Waals surface area contributed by atoms with Gasteiger partial charge in [0.25, 0.3) is 5.91 Å². The number of carbonyl (C=O) groups excluding carboxylic acids is 1.